The van der Waals surface area contributed by atoms with Gasteiger partial charge in [0.05, 0.1) is 28.9 Å². The van der Waals surface area contributed by atoms with Gasteiger partial charge < -0.3 is 14.5 Å². The summed E-state index contributed by atoms with van der Waals surface area (Å²) >= 11 is 1.30. The summed E-state index contributed by atoms with van der Waals surface area (Å²) in [6, 6.07) is 3.06. The van der Waals surface area contributed by atoms with Crippen molar-refractivity contribution in [2.45, 2.75) is 32.7 Å². The molecule has 0 saturated heterocycles. The summed E-state index contributed by atoms with van der Waals surface area (Å²) in [7, 11) is 0. The van der Waals surface area contributed by atoms with Crippen LogP contribution in [0.25, 0.3) is 10.2 Å². The van der Waals surface area contributed by atoms with Crippen LogP contribution < -0.4 is 11.2 Å². The Hall–Kier alpha value is -2.82. The molecule has 3 aromatic rings. The fourth-order valence-electron chi connectivity index (χ4n) is 3.30. The number of thiophene rings is 1. The van der Waals surface area contributed by atoms with Crippen molar-refractivity contribution in [3.8, 4) is 0 Å². The molecule has 11 heteroatoms. The number of rotatable bonds is 2. The molecule has 0 unspecified atom stereocenters. The number of aryl methyl sites for hydroxylation is 1. The maximum absolute atomic E-state index is 13.1. The van der Waals surface area contributed by atoms with Crippen LogP contribution in [-0.4, -0.2) is 31.5 Å². The molecule has 1 amide bonds. The molecule has 1 aliphatic rings. The Morgan fingerprint density at radius 1 is 1.22 bits per heavy atom. The van der Waals surface area contributed by atoms with Crippen molar-refractivity contribution < 1.29 is 18.0 Å². The Morgan fingerprint density at radius 2 is 1.96 bits per heavy atom. The lowest BCUT2D eigenvalue weighted by molar-refractivity contribution is -0.140. The predicted molar refractivity (Wildman–Crippen MR) is 91.9 cm³/mol. The molecule has 0 bridgehead atoms. The van der Waals surface area contributed by atoms with Crippen LogP contribution in [-0.2, 0) is 19.6 Å². The second-order valence-corrected chi connectivity index (χ2v) is 7.65. The third kappa shape index (κ3) is 3.07. The molecule has 142 valence electrons. The number of aromatic amines is 2. The van der Waals surface area contributed by atoms with Gasteiger partial charge >= 0.3 is 11.9 Å². The largest absolute Gasteiger partial charge is 0.406 e. The van der Waals surface area contributed by atoms with Crippen LogP contribution in [0, 0.1) is 6.92 Å². The predicted octanol–water partition coefficient (Wildman–Crippen LogP) is 2.11. The van der Waals surface area contributed by atoms with Gasteiger partial charge in [0.2, 0.25) is 0 Å². The van der Waals surface area contributed by atoms with Gasteiger partial charge in [0, 0.05) is 10.6 Å². The average Bonchev–Trinajstić information content (AvgIpc) is 3.19. The van der Waals surface area contributed by atoms with Gasteiger partial charge in [0.1, 0.15) is 12.2 Å². The fraction of sp³-hybridized carbons (Fsp3) is 0.312. The van der Waals surface area contributed by atoms with E-state index in [9.17, 15) is 27.6 Å². The SMILES string of the molecule is Cc1cc2c(cc(C(=O)N3Cc4[nH]c(=O)[nH]c(=O)c4C3)n2CC(F)(F)F)s1. The lowest BCUT2D eigenvalue weighted by atomic mass is 10.3. The molecule has 0 aliphatic carbocycles. The number of nitrogens with zero attached hydrogens (tertiary/aromatic N) is 2. The van der Waals surface area contributed by atoms with Crippen molar-refractivity contribution in [2.24, 2.45) is 0 Å². The Bertz CT molecular complexity index is 1180. The topological polar surface area (TPSA) is 91.0 Å². The molecule has 27 heavy (non-hydrogen) atoms. The number of fused-ring (bicyclic) bond motifs is 2. The lowest BCUT2D eigenvalue weighted by Crippen LogP contribution is -2.30. The summed E-state index contributed by atoms with van der Waals surface area (Å²) in [5.41, 5.74) is -0.518. The highest BCUT2D eigenvalue weighted by Crippen LogP contribution is 2.32. The molecule has 0 aromatic carbocycles. The number of H-pyrrole nitrogens is 2. The zero-order valence-electron chi connectivity index (χ0n) is 13.9. The smallest absolute Gasteiger partial charge is 0.327 e. The van der Waals surface area contributed by atoms with Crippen molar-refractivity contribution in [1.29, 1.82) is 0 Å². The first kappa shape index (κ1) is 17.6. The van der Waals surface area contributed by atoms with Crippen molar-refractivity contribution in [3.63, 3.8) is 0 Å². The minimum atomic E-state index is -4.49. The molecule has 0 spiro atoms. The number of amides is 1. The molecule has 4 rings (SSSR count). The van der Waals surface area contributed by atoms with Gasteiger partial charge in [-0.2, -0.15) is 13.2 Å². The van der Waals surface area contributed by atoms with E-state index >= 15 is 0 Å². The second-order valence-electron chi connectivity index (χ2n) is 6.36. The molecular formula is C16H13F3N4O3S. The molecule has 2 N–H and O–H groups in total. The molecule has 0 fully saturated rings. The highest BCUT2D eigenvalue weighted by Gasteiger charge is 2.34. The first-order valence-corrected chi connectivity index (χ1v) is 8.74. The number of nitrogens with one attached hydrogen (secondary N) is 2. The quantitative estimate of drug-likeness (QED) is 0.693. The number of halogens is 3. The number of alkyl halides is 3. The van der Waals surface area contributed by atoms with Gasteiger partial charge in [0.15, 0.2) is 0 Å². The van der Waals surface area contributed by atoms with E-state index in [0.29, 0.717) is 15.9 Å². The standard InChI is InChI=1S/C16H13F3N4O3S/c1-7-2-10-12(27-7)3-11(23(10)6-16(17,18)19)14(25)22-4-8-9(5-22)20-15(26)21-13(8)24/h2-3H,4-6H2,1H3,(H2,20,21,24,26). The number of hydrogen-bond donors (Lipinski definition) is 2. The third-order valence-electron chi connectivity index (χ3n) is 4.38. The van der Waals surface area contributed by atoms with E-state index in [2.05, 4.69) is 9.97 Å². The molecule has 0 saturated carbocycles. The second kappa shape index (κ2) is 5.84. The number of aromatic nitrogens is 3. The minimum absolute atomic E-state index is 0.0444. The molecule has 3 aromatic heterocycles. The van der Waals surface area contributed by atoms with Crippen molar-refractivity contribution in [1.82, 2.24) is 19.4 Å². The Balaban J connectivity index is 1.74. The monoisotopic (exact) mass is 398 g/mol. The molecule has 4 heterocycles. The average molecular weight is 398 g/mol. The van der Waals surface area contributed by atoms with Crippen LogP contribution in [0.5, 0.6) is 0 Å². The van der Waals surface area contributed by atoms with Crippen molar-refractivity contribution in [3.05, 3.63) is 54.8 Å². The van der Waals surface area contributed by atoms with Gasteiger partial charge in [-0.05, 0) is 19.1 Å². The van der Waals surface area contributed by atoms with Gasteiger partial charge in [-0.25, -0.2) is 4.79 Å². The first-order chi connectivity index (χ1) is 12.6. The van der Waals surface area contributed by atoms with Crippen LogP contribution in [0.1, 0.15) is 26.6 Å². The number of carbonyl (C=O) groups excluding carboxylic acids is 1. The van der Waals surface area contributed by atoms with Gasteiger partial charge in [-0.15, -0.1) is 11.3 Å². The first-order valence-electron chi connectivity index (χ1n) is 7.92. The highest BCUT2D eigenvalue weighted by atomic mass is 32.1. The summed E-state index contributed by atoms with van der Waals surface area (Å²) in [5.74, 6) is -0.628. The van der Waals surface area contributed by atoms with E-state index in [4.69, 9.17) is 0 Å². The molecule has 7 nitrogen and oxygen atoms in total. The maximum Gasteiger partial charge on any atom is 0.406 e. The van der Waals surface area contributed by atoms with Crippen LogP contribution in [0.4, 0.5) is 13.2 Å². The molecule has 1 aliphatic heterocycles. The summed E-state index contributed by atoms with van der Waals surface area (Å²) < 4.78 is 40.7. The van der Waals surface area contributed by atoms with E-state index in [-0.39, 0.29) is 24.3 Å². The van der Waals surface area contributed by atoms with Crippen LogP contribution in [0.3, 0.4) is 0 Å². The Kier molecular flexibility index (Phi) is 3.81. The normalized spacial score (nSPS) is 14.1. The zero-order chi connectivity index (χ0) is 19.5. The molecular weight excluding hydrogens is 385 g/mol. The summed E-state index contributed by atoms with van der Waals surface area (Å²) in [6.07, 6.45) is -4.49. The Morgan fingerprint density at radius 3 is 2.67 bits per heavy atom. The molecule has 0 radical (unpaired) electrons. The van der Waals surface area contributed by atoms with E-state index in [1.807, 2.05) is 0 Å². The van der Waals surface area contributed by atoms with Gasteiger partial charge in [-0.3, -0.25) is 14.6 Å². The summed E-state index contributed by atoms with van der Waals surface area (Å²) in [6.45, 7) is 0.372. The van der Waals surface area contributed by atoms with E-state index in [0.717, 1.165) is 9.44 Å². The van der Waals surface area contributed by atoms with Crippen LogP contribution in [0.2, 0.25) is 0 Å². The Labute approximate surface area is 153 Å². The zero-order valence-corrected chi connectivity index (χ0v) is 14.8. The van der Waals surface area contributed by atoms with E-state index in [1.165, 1.54) is 22.3 Å². The van der Waals surface area contributed by atoms with Crippen molar-refractivity contribution in [2.75, 3.05) is 0 Å². The van der Waals surface area contributed by atoms with E-state index < -0.39 is 29.9 Å². The minimum Gasteiger partial charge on any atom is -0.327 e. The molecule has 0 atom stereocenters. The number of hydrogen-bond acceptors (Lipinski definition) is 4. The highest BCUT2D eigenvalue weighted by molar-refractivity contribution is 7.19. The lowest BCUT2D eigenvalue weighted by Gasteiger charge is -2.18. The maximum atomic E-state index is 13.1. The van der Waals surface area contributed by atoms with E-state index in [1.54, 1.807) is 13.0 Å². The fourth-order valence-corrected chi connectivity index (χ4v) is 4.26. The van der Waals surface area contributed by atoms with Gasteiger partial charge in [0.25, 0.3) is 11.5 Å². The van der Waals surface area contributed by atoms with Crippen LogP contribution in [0.15, 0.2) is 21.7 Å². The van der Waals surface area contributed by atoms with Gasteiger partial charge in [-0.1, -0.05) is 0 Å². The summed E-state index contributed by atoms with van der Waals surface area (Å²) in [4.78, 5) is 42.8. The summed E-state index contributed by atoms with van der Waals surface area (Å²) in [5, 5.41) is 0. The third-order valence-corrected chi connectivity index (χ3v) is 5.37. The van der Waals surface area contributed by atoms with Crippen molar-refractivity contribution >= 4 is 27.5 Å². The number of carbonyl (C=O) groups is 1. The van der Waals surface area contributed by atoms with Crippen LogP contribution >= 0.6 is 11.3 Å².